The van der Waals surface area contributed by atoms with E-state index >= 15 is 0 Å². The Morgan fingerprint density at radius 3 is 2.53 bits per heavy atom. The predicted molar refractivity (Wildman–Crippen MR) is 135 cm³/mol. The molecule has 2 amide bonds. The molecule has 1 heterocycles. The molecule has 0 aliphatic carbocycles. The Morgan fingerprint density at radius 2 is 1.86 bits per heavy atom. The molecule has 0 aromatic heterocycles. The Balaban J connectivity index is 1.61. The number of likely N-dealkylation sites (N-methyl/N-ethyl adjacent to an activating group) is 1. The lowest BCUT2D eigenvalue weighted by Gasteiger charge is -2.24. The first-order valence-electron chi connectivity index (χ1n) is 12.0. The fourth-order valence-corrected chi connectivity index (χ4v) is 3.79. The Kier molecular flexibility index (Phi) is 10.1. The van der Waals surface area contributed by atoms with Gasteiger partial charge in [0.15, 0.2) is 11.5 Å². The monoisotopic (exact) mass is 500 g/mol. The van der Waals surface area contributed by atoms with Crippen LogP contribution in [0.4, 0.5) is 14.9 Å². The molecule has 0 radical (unpaired) electrons. The topological polar surface area (TPSA) is 92.7 Å². The smallest absolute Gasteiger partial charge is 0.411 e. The number of hydrogen-bond donors (Lipinski definition) is 1. The second kappa shape index (κ2) is 13.4. The number of benzene rings is 2. The van der Waals surface area contributed by atoms with Gasteiger partial charge in [-0.25, -0.2) is 14.2 Å². The Morgan fingerprint density at radius 1 is 1.11 bits per heavy atom. The summed E-state index contributed by atoms with van der Waals surface area (Å²) in [6.07, 6.45) is 0.269. The molecule has 0 bridgehead atoms. The molecule has 0 atom stereocenters. The zero-order valence-electron chi connectivity index (χ0n) is 21.0. The lowest BCUT2D eigenvalue weighted by Crippen LogP contribution is -2.31. The van der Waals surface area contributed by atoms with Gasteiger partial charge in [0.1, 0.15) is 6.61 Å². The fourth-order valence-electron chi connectivity index (χ4n) is 3.79. The van der Waals surface area contributed by atoms with Gasteiger partial charge in [-0.15, -0.1) is 0 Å². The summed E-state index contributed by atoms with van der Waals surface area (Å²) in [7, 11) is 1.48. The van der Waals surface area contributed by atoms with E-state index in [0.717, 1.165) is 24.2 Å². The third-order valence-corrected chi connectivity index (χ3v) is 5.88. The number of amides is 2. The minimum atomic E-state index is -0.976. The van der Waals surface area contributed by atoms with Gasteiger partial charge in [-0.1, -0.05) is 26.0 Å². The maximum Gasteiger partial charge on any atom is 0.411 e. The zero-order valence-corrected chi connectivity index (χ0v) is 21.0. The van der Waals surface area contributed by atoms with Crippen LogP contribution in [0.2, 0.25) is 0 Å². The van der Waals surface area contributed by atoms with Crippen LogP contribution in [0.3, 0.4) is 0 Å². The van der Waals surface area contributed by atoms with Crippen LogP contribution < -0.4 is 14.8 Å². The van der Waals surface area contributed by atoms with Gasteiger partial charge in [0.25, 0.3) is 0 Å². The quantitative estimate of drug-likeness (QED) is 0.464. The highest BCUT2D eigenvalue weighted by Crippen LogP contribution is 2.30. The van der Waals surface area contributed by atoms with E-state index in [-0.39, 0.29) is 18.2 Å². The molecule has 1 aliphatic heterocycles. The second-order valence-electron chi connectivity index (χ2n) is 8.10. The highest BCUT2D eigenvalue weighted by molar-refractivity contribution is 6.04. The summed E-state index contributed by atoms with van der Waals surface area (Å²) in [5, 5.41) is 8.66. The second-order valence-corrected chi connectivity index (χ2v) is 8.10. The summed E-state index contributed by atoms with van der Waals surface area (Å²) < 4.78 is 28.2. The molecule has 0 unspecified atom stereocenters. The van der Waals surface area contributed by atoms with Crippen LogP contribution in [0, 0.1) is 0 Å². The van der Waals surface area contributed by atoms with E-state index in [1.165, 1.54) is 12.1 Å². The standard InChI is InChI=1S/C26H33FN4O5/c1-4-30(5-2)14-15-35-26(33)28-21-9-6-19(7-10-21)17-31-25(32)13-11-22(29-31)20-8-12-23(34-3)24(16-20)36-18-27/h6-10,12,16H,4-5,11,13-15,17-18H2,1-3H3,(H,28,33). The third kappa shape index (κ3) is 7.42. The van der Waals surface area contributed by atoms with Crippen LogP contribution >= 0.6 is 0 Å². The Hall–Kier alpha value is -3.66. The van der Waals surface area contributed by atoms with Crippen LogP contribution in [0.5, 0.6) is 11.5 Å². The van der Waals surface area contributed by atoms with Crippen molar-refractivity contribution in [2.45, 2.75) is 33.2 Å². The number of anilines is 1. The van der Waals surface area contributed by atoms with E-state index in [2.05, 4.69) is 29.2 Å². The molecule has 0 saturated heterocycles. The van der Waals surface area contributed by atoms with Crippen LogP contribution in [0.1, 0.15) is 37.8 Å². The molecule has 0 spiro atoms. The number of nitrogens with one attached hydrogen (secondary N) is 1. The van der Waals surface area contributed by atoms with Crippen LogP contribution in [0.25, 0.3) is 0 Å². The first kappa shape index (κ1) is 26.9. The number of alkyl halides is 1. The fraction of sp³-hybridized carbons (Fsp3) is 0.423. The van der Waals surface area contributed by atoms with E-state index in [0.29, 0.717) is 43.1 Å². The maximum atomic E-state index is 12.7. The van der Waals surface area contributed by atoms with Crippen LogP contribution in [0.15, 0.2) is 47.6 Å². The number of carbonyl (C=O) groups is 2. The summed E-state index contributed by atoms with van der Waals surface area (Å²) in [6, 6.07) is 12.3. The highest BCUT2D eigenvalue weighted by atomic mass is 19.1. The molecule has 0 saturated carbocycles. The van der Waals surface area contributed by atoms with Crippen molar-refractivity contribution < 1.29 is 28.2 Å². The van der Waals surface area contributed by atoms with E-state index < -0.39 is 13.0 Å². The molecule has 3 rings (SSSR count). The number of rotatable bonds is 12. The SMILES string of the molecule is CCN(CC)CCOC(=O)Nc1ccc(CN2N=C(c3ccc(OC)c(OCF)c3)CCC2=O)cc1. The van der Waals surface area contributed by atoms with Gasteiger partial charge in [-0.3, -0.25) is 10.1 Å². The Labute approximate surface area is 210 Å². The number of ether oxygens (including phenoxy) is 3. The molecule has 9 nitrogen and oxygen atoms in total. The van der Waals surface area contributed by atoms with Crippen molar-refractivity contribution in [1.82, 2.24) is 9.91 Å². The van der Waals surface area contributed by atoms with Gasteiger partial charge in [0.05, 0.1) is 19.4 Å². The van der Waals surface area contributed by atoms with E-state index in [1.54, 1.807) is 30.3 Å². The van der Waals surface area contributed by atoms with Gasteiger partial charge in [0.2, 0.25) is 12.8 Å². The Bertz CT molecular complexity index is 1060. The van der Waals surface area contributed by atoms with Gasteiger partial charge in [0, 0.05) is 30.6 Å². The molecule has 1 aliphatic rings. The summed E-state index contributed by atoms with van der Waals surface area (Å²) in [6.45, 7) is 6.24. The summed E-state index contributed by atoms with van der Waals surface area (Å²) in [5.74, 6) is 0.604. The number of methoxy groups -OCH3 is 1. The summed E-state index contributed by atoms with van der Waals surface area (Å²) in [5.41, 5.74) is 2.88. The number of hydrazone groups is 1. The summed E-state index contributed by atoms with van der Waals surface area (Å²) >= 11 is 0. The third-order valence-electron chi connectivity index (χ3n) is 5.88. The molecular formula is C26H33FN4O5. The molecule has 36 heavy (non-hydrogen) atoms. The molecular weight excluding hydrogens is 467 g/mol. The maximum absolute atomic E-state index is 12.7. The van der Waals surface area contributed by atoms with E-state index in [4.69, 9.17) is 14.2 Å². The molecule has 0 fully saturated rings. The molecule has 2 aromatic rings. The zero-order chi connectivity index (χ0) is 25.9. The lowest BCUT2D eigenvalue weighted by molar-refractivity contribution is -0.132. The van der Waals surface area contributed by atoms with Gasteiger partial charge < -0.3 is 19.1 Å². The van der Waals surface area contributed by atoms with E-state index in [1.807, 2.05) is 12.1 Å². The largest absolute Gasteiger partial charge is 0.493 e. The van der Waals surface area contributed by atoms with Crippen molar-refractivity contribution in [3.63, 3.8) is 0 Å². The van der Waals surface area contributed by atoms with Crippen molar-refractivity contribution in [2.75, 3.05) is 45.5 Å². The molecule has 1 N–H and O–H groups in total. The van der Waals surface area contributed by atoms with E-state index in [9.17, 15) is 14.0 Å². The van der Waals surface area contributed by atoms with Crippen molar-refractivity contribution in [3.05, 3.63) is 53.6 Å². The molecule has 2 aromatic carbocycles. The number of nitrogens with zero attached hydrogens (tertiary/aromatic N) is 3. The van der Waals surface area contributed by atoms with Crippen molar-refractivity contribution in [2.24, 2.45) is 5.10 Å². The average Bonchev–Trinajstić information content (AvgIpc) is 2.89. The minimum Gasteiger partial charge on any atom is -0.493 e. The number of hydrogen-bond acceptors (Lipinski definition) is 7. The first-order valence-corrected chi connectivity index (χ1v) is 12.0. The number of halogens is 1. The van der Waals surface area contributed by atoms with Crippen LogP contribution in [-0.4, -0.2) is 67.8 Å². The van der Waals surface area contributed by atoms with Gasteiger partial charge in [-0.05, 0) is 49.0 Å². The van der Waals surface area contributed by atoms with Crippen molar-refractivity contribution in [1.29, 1.82) is 0 Å². The average molecular weight is 501 g/mol. The van der Waals surface area contributed by atoms with Crippen LogP contribution in [-0.2, 0) is 16.1 Å². The van der Waals surface area contributed by atoms with Gasteiger partial charge in [-0.2, -0.15) is 5.10 Å². The first-order chi connectivity index (χ1) is 17.5. The molecule has 194 valence electrons. The minimum absolute atomic E-state index is 0.0912. The summed E-state index contributed by atoms with van der Waals surface area (Å²) in [4.78, 5) is 26.7. The normalized spacial score (nSPS) is 13.4. The predicted octanol–water partition coefficient (Wildman–Crippen LogP) is 4.42. The van der Waals surface area contributed by atoms with Crippen molar-refractivity contribution in [3.8, 4) is 11.5 Å². The van der Waals surface area contributed by atoms with Crippen molar-refractivity contribution >= 4 is 23.4 Å². The van der Waals surface area contributed by atoms with Gasteiger partial charge >= 0.3 is 6.09 Å². The molecule has 10 heteroatoms. The number of carbonyl (C=O) groups excluding carboxylic acids is 2. The lowest BCUT2D eigenvalue weighted by atomic mass is 10.0. The highest BCUT2D eigenvalue weighted by Gasteiger charge is 2.22.